The molecule has 0 aliphatic rings. The Labute approximate surface area is 279 Å². The molecule has 5 nitrogen and oxygen atoms in total. The molecule has 0 aliphatic heterocycles. The molecule has 0 spiro atoms. The van der Waals surface area contributed by atoms with Crippen LogP contribution in [-0.4, -0.2) is 50.3 Å². The van der Waals surface area contributed by atoms with E-state index >= 15 is 0 Å². The number of carbonyl (C=O) groups is 2. The Balaban J connectivity index is 5.80. The van der Waals surface area contributed by atoms with E-state index in [1.807, 2.05) is 0 Å². The first kappa shape index (κ1) is 43.5. The van der Waals surface area contributed by atoms with E-state index in [2.05, 4.69) is 55.4 Å². The first-order chi connectivity index (χ1) is 20.6. The van der Waals surface area contributed by atoms with Crippen LogP contribution >= 0.6 is 0 Å². The van der Waals surface area contributed by atoms with Crippen molar-refractivity contribution in [2.45, 2.75) is 202 Å². The summed E-state index contributed by atoms with van der Waals surface area (Å²) in [5, 5.41) is 0. The van der Waals surface area contributed by atoms with Crippen LogP contribution in [0, 0.1) is 11.8 Å². The summed E-state index contributed by atoms with van der Waals surface area (Å²) in [6.07, 6.45) is 20.6. The molecule has 0 aromatic carbocycles. The predicted molar refractivity (Wildman–Crippen MR) is 189 cm³/mol. The molecule has 256 valence electrons. The molecule has 43 heavy (non-hydrogen) atoms. The topological polar surface area (TPSA) is 61.8 Å². The summed E-state index contributed by atoms with van der Waals surface area (Å²) in [5.41, 5.74) is 0. The van der Waals surface area contributed by atoms with E-state index in [-0.39, 0.29) is 11.9 Å². The number of carbonyl (C=O) groups excluding carboxylic acids is 2. The van der Waals surface area contributed by atoms with Crippen LogP contribution in [0.2, 0.25) is 17.7 Å². The fourth-order valence-corrected chi connectivity index (χ4v) is 47.2. The third kappa shape index (κ3) is 23.5. The third-order valence-electron chi connectivity index (χ3n) is 8.44. The molecule has 0 saturated heterocycles. The molecular formula is C36H74O5Sn2. The van der Waals surface area contributed by atoms with Crippen molar-refractivity contribution in [2.75, 3.05) is 0 Å². The van der Waals surface area contributed by atoms with E-state index in [4.69, 9.17) is 7.56 Å². The van der Waals surface area contributed by atoms with Crippen molar-refractivity contribution in [1.29, 1.82) is 0 Å². The minimum atomic E-state index is -3.87. The van der Waals surface area contributed by atoms with E-state index in [1.165, 1.54) is 38.5 Å². The molecule has 0 unspecified atom stereocenters. The molecule has 0 rings (SSSR count). The minimum absolute atomic E-state index is 0.0502. The van der Waals surface area contributed by atoms with Gasteiger partial charge < -0.3 is 0 Å². The fourth-order valence-electron chi connectivity index (χ4n) is 5.69. The summed E-state index contributed by atoms with van der Waals surface area (Å²) in [7, 11) is 0. The summed E-state index contributed by atoms with van der Waals surface area (Å²) in [6.45, 7) is 17.9. The van der Waals surface area contributed by atoms with Gasteiger partial charge in [0, 0.05) is 0 Å². The Kier molecular flexibility index (Phi) is 27.9. The van der Waals surface area contributed by atoms with Gasteiger partial charge in [-0.05, 0) is 0 Å². The van der Waals surface area contributed by atoms with Crippen LogP contribution in [0.1, 0.15) is 184 Å². The summed E-state index contributed by atoms with van der Waals surface area (Å²) < 4.78 is 24.3. The molecule has 0 aromatic rings. The summed E-state index contributed by atoms with van der Waals surface area (Å²) >= 11 is -7.74. The molecule has 0 aromatic heterocycles. The van der Waals surface area contributed by atoms with E-state index in [1.54, 1.807) is 0 Å². The van der Waals surface area contributed by atoms with Gasteiger partial charge >= 0.3 is 281 Å². The second kappa shape index (κ2) is 27.6. The second-order valence-electron chi connectivity index (χ2n) is 14.0. The number of hydrogen-bond acceptors (Lipinski definition) is 5. The molecule has 0 saturated carbocycles. The molecule has 0 bridgehead atoms. The monoisotopic (exact) mass is 826 g/mol. The van der Waals surface area contributed by atoms with Gasteiger partial charge in [0.25, 0.3) is 0 Å². The van der Waals surface area contributed by atoms with Crippen molar-refractivity contribution in [2.24, 2.45) is 11.8 Å². The zero-order chi connectivity index (χ0) is 32.4. The van der Waals surface area contributed by atoms with Gasteiger partial charge in [0.15, 0.2) is 0 Å². The van der Waals surface area contributed by atoms with Crippen LogP contribution in [0.25, 0.3) is 0 Å². The van der Waals surface area contributed by atoms with Gasteiger partial charge in [-0.1, -0.05) is 0 Å². The van der Waals surface area contributed by atoms with E-state index in [9.17, 15) is 9.59 Å². The molecule has 0 atom stereocenters. The fraction of sp³-hybridized carbons (Fsp3) is 0.944. The van der Waals surface area contributed by atoms with Crippen LogP contribution in [-0.2, 0) is 17.1 Å². The Morgan fingerprint density at radius 3 is 1.05 bits per heavy atom. The number of hydrogen-bond donors (Lipinski definition) is 0. The van der Waals surface area contributed by atoms with Crippen LogP contribution in [0.15, 0.2) is 0 Å². The van der Waals surface area contributed by atoms with Crippen molar-refractivity contribution in [1.82, 2.24) is 0 Å². The van der Waals surface area contributed by atoms with E-state index in [0.29, 0.717) is 12.8 Å². The van der Waals surface area contributed by atoms with Crippen molar-refractivity contribution in [3.63, 3.8) is 0 Å². The molecule has 0 fully saturated rings. The average Bonchev–Trinajstić information content (AvgIpc) is 2.96. The van der Waals surface area contributed by atoms with Crippen molar-refractivity contribution in [3.05, 3.63) is 0 Å². The zero-order valence-corrected chi connectivity index (χ0v) is 35.9. The van der Waals surface area contributed by atoms with E-state index in [0.717, 1.165) is 107 Å². The normalized spacial score (nSPS) is 12.3. The van der Waals surface area contributed by atoms with Gasteiger partial charge in [-0.15, -0.1) is 0 Å². The summed E-state index contributed by atoms with van der Waals surface area (Å²) in [6, 6.07) is 0. The average molecular weight is 824 g/mol. The molecule has 0 N–H and O–H groups in total. The summed E-state index contributed by atoms with van der Waals surface area (Å²) in [4.78, 5) is 26.8. The van der Waals surface area contributed by atoms with Crippen molar-refractivity contribution >= 4 is 50.3 Å². The van der Waals surface area contributed by atoms with Crippen LogP contribution < -0.4 is 0 Å². The standard InChI is InChI=1S/2C10H20O2.4C4H9.O.2Sn/c2*1-9(2)7-5-3-4-6-8-10(11)12;4*1-3-4-2;;;/h2*9H,3-8H2,1-2H3,(H,11,12);4*1,3-4H2,2H3;;;/q;;;;;;;2*+1/p-2. The van der Waals surface area contributed by atoms with Gasteiger partial charge in [0.2, 0.25) is 0 Å². The Bertz CT molecular complexity index is 611. The van der Waals surface area contributed by atoms with Gasteiger partial charge in [0.1, 0.15) is 0 Å². The van der Waals surface area contributed by atoms with Crippen molar-refractivity contribution < 1.29 is 17.1 Å². The van der Waals surface area contributed by atoms with Gasteiger partial charge in [-0.25, -0.2) is 0 Å². The molecular weight excluding hydrogens is 750 g/mol. The van der Waals surface area contributed by atoms with E-state index < -0.39 is 38.4 Å². The number of unbranched alkanes of at least 4 members (excludes halogenated alkanes) is 10. The Morgan fingerprint density at radius 1 is 0.465 bits per heavy atom. The van der Waals surface area contributed by atoms with Gasteiger partial charge in [-0.3, -0.25) is 0 Å². The zero-order valence-electron chi connectivity index (χ0n) is 30.2. The number of rotatable bonds is 30. The summed E-state index contributed by atoms with van der Waals surface area (Å²) in [5.74, 6) is 1.38. The molecule has 0 heterocycles. The molecule has 0 aliphatic carbocycles. The van der Waals surface area contributed by atoms with Crippen molar-refractivity contribution in [3.8, 4) is 0 Å². The Morgan fingerprint density at radius 2 is 0.767 bits per heavy atom. The first-order valence-electron chi connectivity index (χ1n) is 18.7. The maximum absolute atomic E-state index is 13.4. The molecule has 7 heteroatoms. The quantitative estimate of drug-likeness (QED) is 0.0533. The molecule has 0 radical (unpaired) electrons. The van der Waals surface area contributed by atoms with Gasteiger partial charge in [-0.2, -0.15) is 0 Å². The Hall–Kier alpha value is 0.497. The third-order valence-corrected chi connectivity index (χ3v) is 41.0. The van der Waals surface area contributed by atoms with Crippen LogP contribution in [0.4, 0.5) is 0 Å². The first-order valence-corrected chi connectivity index (χ1v) is 31.4. The predicted octanol–water partition coefficient (Wildman–Crippen LogP) is 12.2. The van der Waals surface area contributed by atoms with Crippen LogP contribution in [0.3, 0.4) is 0 Å². The van der Waals surface area contributed by atoms with Crippen LogP contribution in [0.5, 0.6) is 0 Å². The van der Waals surface area contributed by atoms with Gasteiger partial charge in [0.05, 0.1) is 0 Å². The maximum atomic E-state index is 13.4. The second-order valence-corrected chi connectivity index (χ2v) is 35.7. The molecule has 0 amide bonds. The SMILES string of the molecule is CCC[CH2][Sn]([CH2]CCC)([O]C(=O)CCCCCCC(C)C)[O][Sn]([CH2]CCC)([CH2]CCC)[O]C(=O)CCCCCCC(C)C.